The number of hydrogen-bond donors (Lipinski definition) is 2. The number of nitrogens with two attached hydrogens (primary N) is 1. The average molecular weight is 229 g/mol. The second-order valence-electron chi connectivity index (χ2n) is 4.20. The van der Waals surface area contributed by atoms with E-state index in [1.54, 1.807) is 0 Å². The van der Waals surface area contributed by atoms with Crippen LogP contribution in [0.3, 0.4) is 0 Å². The van der Waals surface area contributed by atoms with E-state index in [0.717, 1.165) is 10.0 Å². The molecule has 2 amide bonds. The highest BCUT2D eigenvalue weighted by Crippen LogP contribution is 2.27. The second kappa shape index (κ2) is 4.11. The Morgan fingerprint density at radius 3 is 2.47 bits per heavy atom. The zero-order valence-electron chi connectivity index (χ0n) is 9.24. The quantitative estimate of drug-likeness (QED) is 0.430. The van der Waals surface area contributed by atoms with E-state index in [2.05, 4.69) is 15.5 Å². The lowest BCUT2D eigenvalue weighted by Crippen LogP contribution is -2.36. The van der Waals surface area contributed by atoms with Crippen molar-refractivity contribution in [3.63, 3.8) is 0 Å². The molecule has 3 N–H and O–H groups in total. The van der Waals surface area contributed by atoms with Crippen molar-refractivity contribution in [3.8, 4) is 0 Å². The maximum absolute atomic E-state index is 11.2. The fourth-order valence-electron chi connectivity index (χ4n) is 0.756. The molecule has 0 aliphatic heterocycles. The van der Waals surface area contributed by atoms with Crippen LogP contribution in [-0.2, 0) is 5.41 Å². The van der Waals surface area contributed by atoms with Crippen LogP contribution in [0.5, 0.6) is 0 Å². The van der Waals surface area contributed by atoms with Crippen molar-refractivity contribution in [2.45, 2.75) is 26.2 Å². The van der Waals surface area contributed by atoms with Crippen LogP contribution in [0, 0.1) is 0 Å². The lowest BCUT2D eigenvalue weighted by Gasteiger charge is -2.12. The Labute approximate surface area is 92.5 Å². The topological polar surface area (TPSA) is 84.1 Å². The lowest BCUT2D eigenvalue weighted by atomic mass is 9.98. The Morgan fingerprint density at radius 2 is 2.07 bits per heavy atom. The van der Waals surface area contributed by atoms with Crippen LogP contribution in [0.4, 0.5) is 9.93 Å². The van der Waals surface area contributed by atoms with Gasteiger partial charge in [0.1, 0.15) is 5.01 Å². The molecule has 7 heteroatoms. The first kappa shape index (κ1) is 11.9. The molecule has 6 nitrogen and oxygen atoms in total. The molecule has 0 saturated heterocycles. The van der Waals surface area contributed by atoms with Crippen LogP contribution in [0.25, 0.3) is 0 Å². The minimum atomic E-state index is -0.411. The van der Waals surface area contributed by atoms with Crippen LogP contribution in [0.2, 0.25) is 0 Å². The van der Waals surface area contributed by atoms with Gasteiger partial charge in [-0.2, -0.15) is 0 Å². The molecule has 0 aliphatic rings. The van der Waals surface area contributed by atoms with E-state index >= 15 is 0 Å². The largest absolute Gasteiger partial charge is 0.337 e. The smallest absolute Gasteiger partial charge is 0.281 e. The third-order valence-corrected chi connectivity index (χ3v) is 2.87. The summed E-state index contributed by atoms with van der Waals surface area (Å²) in [5, 5.41) is 12.7. The summed E-state index contributed by atoms with van der Waals surface area (Å²) < 4.78 is 0. The maximum Gasteiger partial charge on any atom is 0.337 e. The molecule has 1 rings (SSSR count). The van der Waals surface area contributed by atoms with Crippen LogP contribution in [-0.4, -0.2) is 28.3 Å². The Kier molecular flexibility index (Phi) is 3.25. The van der Waals surface area contributed by atoms with Gasteiger partial charge < -0.3 is 0 Å². The number of amides is 2. The van der Waals surface area contributed by atoms with E-state index < -0.39 is 6.03 Å². The molecule has 0 unspecified atom stereocenters. The van der Waals surface area contributed by atoms with Gasteiger partial charge in [0.2, 0.25) is 5.13 Å². The zero-order valence-corrected chi connectivity index (χ0v) is 10.1. The molecule has 0 spiro atoms. The van der Waals surface area contributed by atoms with Crippen molar-refractivity contribution in [2.75, 3.05) is 12.4 Å². The Morgan fingerprint density at radius 1 is 1.47 bits per heavy atom. The fourth-order valence-corrected chi connectivity index (χ4v) is 1.55. The molecule has 84 valence electrons. The summed E-state index contributed by atoms with van der Waals surface area (Å²) in [6, 6.07) is -0.411. The summed E-state index contributed by atoms with van der Waals surface area (Å²) in [7, 11) is 1.46. The second-order valence-corrected chi connectivity index (χ2v) is 5.18. The molecule has 0 saturated carbocycles. The molecule has 0 fully saturated rings. The van der Waals surface area contributed by atoms with Crippen molar-refractivity contribution >= 4 is 22.5 Å². The fraction of sp³-hybridized carbons (Fsp3) is 0.625. The summed E-state index contributed by atoms with van der Waals surface area (Å²) >= 11 is 1.35. The average Bonchev–Trinajstić information content (AvgIpc) is 2.51. The molecule has 0 radical (unpaired) electrons. The van der Waals surface area contributed by atoms with Crippen molar-refractivity contribution < 1.29 is 4.79 Å². The summed E-state index contributed by atoms with van der Waals surface area (Å²) in [6.07, 6.45) is 0. The van der Waals surface area contributed by atoms with Crippen LogP contribution in [0.1, 0.15) is 25.8 Å². The van der Waals surface area contributed by atoms with Crippen molar-refractivity contribution in [1.82, 2.24) is 15.2 Å². The number of hydrazine groups is 1. The number of carbonyl (C=O) groups excluding carboxylic acids is 1. The van der Waals surface area contributed by atoms with Gasteiger partial charge in [-0.1, -0.05) is 32.1 Å². The number of rotatable bonds is 1. The molecule has 0 aromatic carbocycles. The first-order valence-electron chi connectivity index (χ1n) is 4.44. The molecule has 1 aromatic rings. The van der Waals surface area contributed by atoms with Gasteiger partial charge in [0, 0.05) is 12.5 Å². The molecular formula is C8H15N5OS. The van der Waals surface area contributed by atoms with E-state index in [1.165, 1.54) is 18.4 Å². The molecule has 15 heavy (non-hydrogen) atoms. The zero-order chi connectivity index (χ0) is 11.6. The highest BCUT2D eigenvalue weighted by molar-refractivity contribution is 7.15. The molecular weight excluding hydrogens is 214 g/mol. The number of nitrogens with zero attached hydrogens (tertiary/aromatic N) is 3. The van der Waals surface area contributed by atoms with Crippen LogP contribution in [0.15, 0.2) is 0 Å². The Balaban J connectivity index is 2.73. The number of nitrogens with one attached hydrogen (secondary N) is 1. The summed E-state index contributed by atoms with van der Waals surface area (Å²) in [5.74, 6) is 5.25. The van der Waals surface area contributed by atoms with Gasteiger partial charge in [-0.3, -0.25) is 10.3 Å². The third-order valence-electron chi connectivity index (χ3n) is 1.60. The number of carbonyl (C=O) groups is 1. The Hall–Kier alpha value is -1.21. The monoisotopic (exact) mass is 229 g/mol. The van der Waals surface area contributed by atoms with Gasteiger partial charge in [-0.25, -0.2) is 10.6 Å². The van der Waals surface area contributed by atoms with E-state index in [0.29, 0.717) is 5.13 Å². The summed E-state index contributed by atoms with van der Waals surface area (Å²) in [4.78, 5) is 11.2. The minimum absolute atomic E-state index is 0.0603. The first-order valence-corrected chi connectivity index (χ1v) is 5.26. The minimum Gasteiger partial charge on any atom is -0.281 e. The van der Waals surface area contributed by atoms with E-state index in [-0.39, 0.29) is 5.41 Å². The predicted molar refractivity (Wildman–Crippen MR) is 59.6 cm³/mol. The van der Waals surface area contributed by atoms with Gasteiger partial charge in [0.05, 0.1) is 0 Å². The number of urea groups is 1. The molecule has 0 bridgehead atoms. The first-order chi connectivity index (χ1) is 6.80. The SMILES string of the molecule is CN(N)C(=O)Nc1nnc(C(C)(C)C)s1. The van der Waals surface area contributed by atoms with Gasteiger partial charge in [0.25, 0.3) is 0 Å². The molecule has 1 aromatic heterocycles. The van der Waals surface area contributed by atoms with Crippen LogP contribution < -0.4 is 11.2 Å². The van der Waals surface area contributed by atoms with Gasteiger partial charge in [-0.05, 0) is 0 Å². The standard InChI is InChI=1S/C8H15N5OS/c1-8(2,3)5-11-12-6(15-5)10-7(14)13(4)9/h9H2,1-4H3,(H,10,12,14). The number of anilines is 1. The molecule has 1 heterocycles. The summed E-state index contributed by atoms with van der Waals surface area (Å²) in [5.41, 5.74) is -0.0603. The predicted octanol–water partition coefficient (Wildman–Crippen LogP) is 1.17. The summed E-state index contributed by atoms with van der Waals surface area (Å²) in [6.45, 7) is 6.11. The Bertz CT molecular complexity index is 354. The van der Waals surface area contributed by atoms with E-state index in [1.807, 2.05) is 20.8 Å². The lowest BCUT2D eigenvalue weighted by molar-refractivity contribution is 0.223. The van der Waals surface area contributed by atoms with Gasteiger partial charge >= 0.3 is 6.03 Å². The van der Waals surface area contributed by atoms with Crippen molar-refractivity contribution in [3.05, 3.63) is 5.01 Å². The van der Waals surface area contributed by atoms with Gasteiger partial charge in [0.15, 0.2) is 0 Å². The van der Waals surface area contributed by atoms with Crippen molar-refractivity contribution in [1.29, 1.82) is 0 Å². The highest BCUT2D eigenvalue weighted by atomic mass is 32.1. The van der Waals surface area contributed by atoms with Crippen molar-refractivity contribution in [2.24, 2.45) is 5.84 Å². The van der Waals surface area contributed by atoms with Gasteiger partial charge in [-0.15, -0.1) is 10.2 Å². The highest BCUT2D eigenvalue weighted by Gasteiger charge is 2.20. The number of aromatic nitrogens is 2. The molecule has 0 atom stereocenters. The number of hydrogen-bond acceptors (Lipinski definition) is 5. The van der Waals surface area contributed by atoms with E-state index in [9.17, 15) is 4.79 Å². The maximum atomic E-state index is 11.2. The van der Waals surface area contributed by atoms with Crippen LogP contribution >= 0.6 is 11.3 Å². The normalized spacial score (nSPS) is 11.3. The molecule has 0 aliphatic carbocycles. The third kappa shape index (κ3) is 3.14. The van der Waals surface area contributed by atoms with E-state index in [4.69, 9.17) is 5.84 Å².